The van der Waals surface area contributed by atoms with E-state index in [4.69, 9.17) is 14.2 Å². The molecule has 0 aliphatic carbocycles. The molecule has 19 heavy (non-hydrogen) atoms. The van der Waals surface area contributed by atoms with Crippen LogP contribution in [0.15, 0.2) is 18.7 Å². The molecule has 0 aliphatic heterocycles. The summed E-state index contributed by atoms with van der Waals surface area (Å²) in [6, 6.07) is 1.56. The third kappa shape index (κ3) is 3.60. The fraction of sp³-hybridized carbons (Fsp3) is 0.308. The smallest absolute Gasteiger partial charge is 0.195 e. The Balaban J connectivity index is 3.28. The van der Waals surface area contributed by atoms with Crippen LogP contribution in [-0.4, -0.2) is 38.3 Å². The van der Waals surface area contributed by atoms with Gasteiger partial charge in [-0.05, 0) is 22.6 Å². The number of rotatable bonds is 7. The average Bonchev–Trinajstić information content (AvgIpc) is 2.40. The maximum absolute atomic E-state index is 11.9. The highest BCUT2D eigenvalue weighted by Crippen LogP contribution is 2.39. The van der Waals surface area contributed by atoms with Crippen molar-refractivity contribution in [1.82, 2.24) is 0 Å². The molecule has 6 heteroatoms. The van der Waals surface area contributed by atoms with Crippen molar-refractivity contribution in [3.63, 3.8) is 0 Å². The number of hydrogen-bond acceptors (Lipinski definition) is 5. The van der Waals surface area contributed by atoms with E-state index in [1.54, 1.807) is 12.1 Å². The number of ketones is 1. The lowest BCUT2D eigenvalue weighted by atomic mass is 10.1. The molecule has 0 atom stereocenters. The molecule has 0 amide bonds. The summed E-state index contributed by atoms with van der Waals surface area (Å²) < 4.78 is 15.7. The second-order valence-electron chi connectivity index (χ2n) is 3.57. The number of aromatic hydroxyl groups is 1. The number of carbonyl (C=O) groups excluding carboxylic acids is 1. The van der Waals surface area contributed by atoms with Crippen LogP contribution in [0, 0.1) is 3.57 Å². The molecular formula is C13H15IO5. The van der Waals surface area contributed by atoms with Gasteiger partial charge in [0.2, 0.25) is 0 Å². The Hall–Kier alpha value is -1.28. The molecule has 0 aliphatic rings. The minimum atomic E-state index is -0.356. The monoisotopic (exact) mass is 378 g/mol. The lowest BCUT2D eigenvalue weighted by Crippen LogP contribution is -2.10. The SMILES string of the molecule is C=CCOc1cc(OC)c(C(=O)COC)c(O)c1I. The number of hydrogen-bond donors (Lipinski definition) is 1. The van der Waals surface area contributed by atoms with E-state index in [0.717, 1.165) is 0 Å². The van der Waals surface area contributed by atoms with Gasteiger partial charge < -0.3 is 19.3 Å². The summed E-state index contributed by atoms with van der Waals surface area (Å²) in [5, 5.41) is 10.1. The quantitative estimate of drug-likeness (QED) is 0.449. The number of halogens is 1. The van der Waals surface area contributed by atoms with Gasteiger partial charge in [-0.15, -0.1) is 0 Å². The van der Waals surface area contributed by atoms with Crippen LogP contribution < -0.4 is 9.47 Å². The fourth-order valence-electron chi connectivity index (χ4n) is 1.49. The summed E-state index contributed by atoms with van der Waals surface area (Å²) in [6.07, 6.45) is 1.59. The maximum Gasteiger partial charge on any atom is 0.195 e. The summed E-state index contributed by atoms with van der Waals surface area (Å²) in [6.45, 7) is 3.71. The molecule has 1 N–H and O–H groups in total. The van der Waals surface area contributed by atoms with Crippen molar-refractivity contribution in [2.24, 2.45) is 0 Å². The molecule has 1 aromatic rings. The van der Waals surface area contributed by atoms with E-state index in [1.807, 2.05) is 22.6 Å². The summed E-state index contributed by atoms with van der Waals surface area (Å²) in [5.41, 5.74) is 0.0969. The van der Waals surface area contributed by atoms with E-state index in [-0.39, 0.29) is 29.5 Å². The first kappa shape index (κ1) is 15.8. The third-order valence-corrected chi connectivity index (χ3v) is 3.34. The number of benzene rings is 1. The summed E-state index contributed by atoms with van der Waals surface area (Å²) >= 11 is 1.91. The van der Waals surface area contributed by atoms with Crippen LogP contribution in [0.4, 0.5) is 0 Å². The lowest BCUT2D eigenvalue weighted by molar-refractivity contribution is 0.0842. The van der Waals surface area contributed by atoms with Crippen LogP contribution in [0.3, 0.4) is 0 Å². The first-order valence-electron chi connectivity index (χ1n) is 5.42. The maximum atomic E-state index is 11.9. The van der Waals surface area contributed by atoms with E-state index in [1.165, 1.54) is 14.2 Å². The Morgan fingerprint density at radius 1 is 1.47 bits per heavy atom. The first-order chi connectivity index (χ1) is 9.06. The van der Waals surface area contributed by atoms with Gasteiger partial charge in [-0.25, -0.2) is 0 Å². The second-order valence-corrected chi connectivity index (χ2v) is 4.65. The fourth-order valence-corrected chi connectivity index (χ4v) is 2.07. The number of phenols is 1. The van der Waals surface area contributed by atoms with E-state index in [2.05, 4.69) is 6.58 Å². The minimum absolute atomic E-state index is 0.0969. The van der Waals surface area contributed by atoms with Crippen molar-refractivity contribution in [1.29, 1.82) is 0 Å². The highest BCUT2D eigenvalue weighted by molar-refractivity contribution is 14.1. The molecule has 5 nitrogen and oxygen atoms in total. The summed E-state index contributed by atoms with van der Waals surface area (Å²) in [4.78, 5) is 11.9. The van der Waals surface area contributed by atoms with Gasteiger partial charge in [0.15, 0.2) is 5.78 Å². The molecule has 0 aromatic heterocycles. The van der Waals surface area contributed by atoms with Gasteiger partial charge in [0.1, 0.15) is 36.0 Å². The number of methoxy groups -OCH3 is 2. The zero-order valence-corrected chi connectivity index (χ0v) is 12.9. The molecule has 0 saturated heterocycles. The van der Waals surface area contributed by atoms with Crippen LogP contribution in [0.5, 0.6) is 17.2 Å². The van der Waals surface area contributed by atoms with E-state index in [9.17, 15) is 9.90 Å². The number of ether oxygens (including phenoxy) is 3. The predicted molar refractivity (Wildman–Crippen MR) is 79.3 cm³/mol. The Bertz CT molecular complexity index is 484. The average molecular weight is 378 g/mol. The third-order valence-electron chi connectivity index (χ3n) is 2.30. The largest absolute Gasteiger partial charge is 0.506 e. The second kappa shape index (κ2) is 7.34. The normalized spacial score (nSPS) is 10.1. The van der Waals surface area contributed by atoms with Crippen LogP contribution in [-0.2, 0) is 4.74 Å². The van der Waals surface area contributed by atoms with Crippen molar-refractivity contribution >= 4 is 28.4 Å². The van der Waals surface area contributed by atoms with E-state index < -0.39 is 0 Å². The van der Waals surface area contributed by atoms with Crippen molar-refractivity contribution in [3.8, 4) is 17.2 Å². The molecular weight excluding hydrogens is 363 g/mol. The molecule has 0 unspecified atom stereocenters. The van der Waals surface area contributed by atoms with Crippen LogP contribution in [0.2, 0.25) is 0 Å². The van der Waals surface area contributed by atoms with Crippen molar-refractivity contribution in [2.45, 2.75) is 0 Å². The molecule has 104 valence electrons. The summed E-state index contributed by atoms with van der Waals surface area (Å²) in [5.74, 6) is 0.161. The molecule has 0 spiro atoms. The van der Waals surface area contributed by atoms with Gasteiger partial charge in [-0.2, -0.15) is 0 Å². The van der Waals surface area contributed by atoms with Crippen molar-refractivity contribution in [2.75, 3.05) is 27.4 Å². The number of Topliss-reactive ketones (excluding diaryl/α,β-unsaturated/α-hetero) is 1. The van der Waals surface area contributed by atoms with E-state index in [0.29, 0.717) is 15.9 Å². The van der Waals surface area contributed by atoms with Gasteiger partial charge in [-0.1, -0.05) is 12.7 Å². The Kier molecular flexibility index (Phi) is 6.10. The Morgan fingerprint density at radius 2 is 2.16 bits per heavy atom. The predicted octanol–water partition coefficient (Wildman–Crippen LogP) is 2.40. The van der Waals surface area contributed by atoms with Crippen LogP contribution in [0.25, 0.3) is 0 Å². The first-order valence-corrected chi connectivity index (χ1v) is 6.49. The van der Waals surface area contributed by atoms with Gasteiger partial charge in [0, 0.05) is 13.2 Å². The number of phenolic OH excluding ortho intramolecular Hbond substituents is 1. The zero-order valence-electron chi connectivity index (χ0n) is 10.7. The molecule has 1 aromatic carbocycles. The van der Waals surface area contributed by atoms with Crippen LogP contribution in [0.1, 0.15) is 10.4 Å². The van der Waals surface area contributed by atoms with Gasteiger partial charge in [0.25, 0.3) is 0 Å². The Morgan fingerprint density at radius 3 is 2.68 bits per heavy atom. The number of carbonyl (C=O) groups is 1. The van der Waals surface area contributed by atoms with Crippen molar-refractivity contribution in [3.05, 3.63) is 27.9 Å². The van der Waals surface area contributed by atoms with Gasteiger partial charge in [0.05, 0.1) is 10.7 Å². The van der Waals surface area contributed by atoms with Crippen molar-refractivity contribution < 1.29 is 24.1 Å². The summed E-state index contributed by atoms with van der Waals surface area (Å²) in [7, 11) is 2.83. The Labute approximate surface area is 125 Å². The highest BCUT2D eigenvalue weighted by Gasteiger charge is 2.23. The minimum Gasteiger partial charge on any atom is -0.506 e. The highest BCUT2D eigenvalue weighted by atomic mass is 127. The standard InChI is InChI=1S/C13H15IO5/c1-4-5-19-10-6-9(18-3)11(8(15)7-17-2)13(16)12(10)14/h4,6,16H,1,5,7H2,2-3H3. The molecule has 1 rings (SSSR count). The molecule has 0 saturated carbocycles. The topological polar surface area (TPSA) is 65.0 Å². The molecule has 0 bridgehead atoms. The lowest BCUT2D eigenvalue weighted by Gasteiger charge is -2.14. The van der Waals surface area contributed by atoms with E-state index >= 15 is 0 Å². The molecule has 0 radical (unpaired) electrons. The zero-order chi connectivity index (χ0) is 14.4. The van der Waals surface area contributed by atoms with Crippen LogP contribution >= 0.6 is 22.6 Å². The van der Waals surface area contributed by atoms with Gasteiger partial charge >= 0.3 is 0 Å². The molecule has 0 heterocycles. The molecule has 0 fully saturated rings. The van der Waals surface area contributed by atoms with Gasteiger partial charge in [-0.3, -0.25) is 4.79 Å².